The zero-order chi connectivity index (χ0) is 24.8. The van der Waals surface area contributed by atoms with Gasteiger partial charge in [0.15, 0.2) is 12.1 Å². The predicted molar refractivity (Wildman–Crippen MR) is 130 cm³/mol. The summed E-state index contributed by atoms with van der Waals surface area (Å²) in [6, 6.07) is 18.0. The minimum Gasteiger partial charge on any atom is -0.453 e. The molecule has 35 heavy (non-hydrogen) atoms. The number of rotatable bonds is 8. The van der Waals surface area contributed by atoms with E-state index >= 15 is 0 Å². The Morgan fingerprint density at radius 1 is 1.03 bits per heavy atom. The monoisotopic (exact) mass is 494 g/mol. The van der Waals surface area contributed by atoms with Gasteiger partial charge in [-0.15, -0.1) is 11.8 Å². The number of benzene rings is 2. The normalized spacial score (nSPS) is 18.9. The van der Waals surface area contributed by atoms with E-state index in [1.807, 2.05) is 60.7 Å². The van der Waals surface area contributed by atoms with Crippen LogP contribution in [0.25, 0.3) is 0 Å². The maximum absolute atomic E-state index is 12.5. The summed E-state index contributed by atoms with van der Waals surface area (Å²) >= 11 is 1.55. The number of hydrogen-bond donors (Lipinski definition) is 1. The molecule has 0 radical (unpaired) electrons. The number of thioether (sulfide) groups is 1. The average molecular weight is 495 g/mol. The van der Waals surface area contributed by atoms with Gasteiger partial charge in [-0.2, -0.15) is 5.48 Å². The van der Waals surface area contributed by atoms with Gasteiger partial charge in [-0.3, -0.25) is 14.4 Å². The van der Waals surface area contributed by atoms with E-state index in [2.05, 4.69) is 12.1 Å². The average Bonchev–Trinajstić information content (AvgIpc) is 2.87. The second-order valence-corrected chi connectivity index (χ2v) is 9.49. The molecule has 2 amide bonds. The molecule has 0 saturated carbocycles. The van der Waals surface area contributed by atoms with Crippen molar-refractivity contribution in [1.29, 1.82) is 0 Å². The summed E-state index contributed by atoms with van der Waals surface area (Å²) in [7, 11) is 0. The van der Waals surface area contributed by atoms with Crippen LogP contribution in [0.15, 0.2) is 72.8 Å². The number of nitrogens with one attached hydrogen (secondary N) is 1. The topological polar surface area (TPSA) is 102 Å². The van der Waals surface area contributed by atoms with Crippen molar-refractivity contribution in [3.05, 3.63) is 83.9 Å². The zero-order valence-electron chi connectivity index (χ0n) is 19.1. The molecule has 2 saturated heterocycles. The number of carbonyl (C=O) groups is 4. The first-order chi connectivity index (χ1) is 16.9. The Morgan fingerprint density at radius 3 is 2.26 bits per heavy atom. The molecule has 182 valence electrons. The molecule has 0 aromatic heterocycles. The number of carbonyl (C=O) groups excluding carboxylic acids is 4. The quantitative estimate of drug-likeness (QED) is 0.260. The van der Waals surface area contributed by atoms with Crippen LogP contribution in [0.1, 0.15) is 42.9 Å². The van der Waals surface area contributed by atoms with Crippen LogP contribution in [0.5, 0.6) is 0 Å². The molecular formula is C26H26N2O6S. The maximum atomic E-state index is 12.5. The third-order valence-corrected chi connectivity index (χ3v) is 7.12. The molecule has 2 aliphatic rings. The van der Waals surface area contributed by atoms with E-state index in [4.69, 9.17) is 9.57 Å². The molecular weight excluding hydrogens is 468 g/mol. The van der Waals surface area contributed by atoms with Gasteiger partial charge in [-0.25, -0.2) is 4.79 Å². The summed E-state index contributed by atoms with van der Waals surface area (Å²) in [5.74, 6) is -1.31. The minimum atomic E-state index is -0.884. The van der Waals surface area contributed by atoms with Crippen molar-refractivity contribution in [3.63, 3.8) is 0 Å². The first kappa shape index (κ1) is 24.5. The Bertz CT molecular complexity index is 1070. The molecule has 9 heteroatoms. The van der Waals surface area contributed by atoms with E-state index < -0.39 is 30.0 Å². The third-order valence-electron chi connectivity index (χ3n) is 5.80. The van der Waals surface area contributed by atoms with E-state index in [-0.39, 0.29) is 30.5 Å². The predicted octanol–water partition coefficient (Wildman–Crippen LogP) is 3.29. The molecule has 2 aromatic rings. The Labute approximate surface area is 207 Å². The van der Waals surface area contributed by atoms with Crippen LogP contribution in [0.3, 0.4) is 0 Å². The SMILES string of the molecule is C=C1CS[C@@H]2CC(=O)N2C1C(=O)ONC(=O)CCCC(=O)OC(c1ccccc1)c1ccccc1. The second kappa shape index (κ2) is 11.2. The fourth-order valence-electron chi connectivity index (χ4n) is 3.99. The summed E-state index contributed by atoms with van der Waals surface area (Å²) in [5.41, 5.74) is 4.38. The number of hydrogen-bond acceptors (Lipinski definition) is 7. The molecule has 1 unspecified atom stereocenters. The summed E-state index contributed by atoms with van der Waals surface area (Å²) in [4.78, 5) is 55.3. The van der Waals surface area contributed by atoms with Crippen LogP contribution in [-0.4, -0.2) is 45.8 Å². The van der Waals surface area contributed by atoms with Crippen molar-refractivity contribution >= 4 is 35.5 Å². The van der Waals surface area contributed by atoms with Gasteiger partial charge in [0.25, 0.3) is 5.91 Å². The lowest BCUT2D eigenvalue weighted by Crippen LogP contribution is -2.62. The van der Waals surface area contributed by atoms with E-state index in [1.54, 1.807) is 11.8 Å². The summed E-state index contributed by atoms with van der Waals surface area (Å²) in [6.07, 6.45) is 0.0566. The van der Waals surface area contributed by atoms with Crippen LogP contribution in [-0.2, 0) is 28.8 Å². The highest BCUT2D eigenvalue weighted by Crippen LogP contribution is 2.39. The molecule has 2 aliphatic heterocycles. The Kier molecular flexibility index (Phi) is 7.87. The summed E-state index contributed by atoms with van der Waals surface area (Å²) < 4.78 is 5.73. The highest BCUT2D eigenvalue weighted by atomic mass is 32.2. The third kappa shape index (κ3) is 5.92. The molecule has 0 bridgehead atoms. The number of nitrogens with zero attached hydrogens (tertiary/aromatic N) is 1. The molecule has 0 aliphatic carbocycles. The number of esters is 1. The van der Waals surface area contributed by atoms with Crippen molar-refractivity contribution < 1.29 is 28.8 Å². The van der Waals surface area contributed by atoms with Crippen LogP contribution in [0.2, 0.25) is 0 Å². The van der Waals surface area contributed by atoms with Gasteiger partial charge < -0.3 is 14.5 Å². The van der Waals surface area contributed by atoms with E-state index in [0.717, 1.165) is 11.1 Å². The zero-order valence-corrected chi connectivity index (χ0v) is 19.9. The lowest BCUT2D eigenvalue weighted by Gasteiger charge is -2.47. The van der Waals surface area contributed by atoms with Crippen LogP contribution >= 0.6 is 11.8 Å². The molecule has 0 spiro atoms. The van der Waals surface area contributed by atoms with E-state index in [9.17, 15) is 19.2 Å². The van der Waals surface area contributed by atoms with Crippen molar-refractivity contribution in [3.8, 4) is 0 Å². The van der Waals surface area contributed by atoms with Crippen LogP contribution in [0.4, 0.5) is 0 Å². The van der Waals surface area contributed by atoms with Gasteiger partial charge in [0.2, 0.25) is 5.91 Å². The maximum Gasteiger partial charge on any atom is 0.358 e. The number of β-lactam (4-membered cyclic amide) rings is 1. The number of hydroxylamine groups is 1. The Balaban J connectivity index is 1.23. The van der Waals surface area contributed by atoms with Crippen molar-refractivity contribution in [2.24, 2.45) is 0 Å². The highest BCUT2D eigenvalue weighted by Gasteiger charge is 2.49. The van der Waals surface area contributed by atoms with E-state index in [0.29, 0.717) is 17.7 Å². The molecule has 4 rings (SSSR count). The van der Waals surface area contributed by atoms with Crippen molar-refractivity contribution in [1.82, 2.24) is 10.4 Å². The molecule has 8 nitrogen and oxygen atoms in total. The lowest BCUT2D eigenvalue weighted by atomic mass is 10.0. The van der Waals surface area contributed by atoms with Gasteiger partial charge >= 0.3 is 11.9 Å². The minimum absolute atomic E-state index is 0.0259. The summed E-state index contributed by atoms with van der Waals surface area (Å²) in [6.45, 7) is 3.85. The molecule has 2 atom stereocenters. The molecule has 2 heterocycles. The fraction of sp³-hybridized carbons (Fsp3) is 0.308. The van der Waals surface area contributed by atoms with Crippen molar-refractivity contribution in [2.75, 3.05) is 5.75 Å². The molecule has 2 fully saturated rings. The lowest BCUT2D eigenvalue weighted by molar-refractivity contribution is -0.168. The number of amides is 2. The first-order valence-corrected chi connectivity index (χ1v) is 12.4. The second-order valence-electron chi connectivity index (χ2n) is 8.32. The standard InChI is InChI=1S/C26H26N2O6S/c1-17-16-35-22-15-21(30)28(22)24(17)26(32)34-27-20(29)13-8-14-23(31)33-25(18-9-4-2-5-10-18)19-11-6-3-7-12-19/h2-7,9-12,22,24-25H,1,8,13-16H2,(H,27,29)/t22-,24?/m1/s1. The van der Waals surface area contributed by atoms with Crippen molar-refractivity contribution in [2.45, 2.75) is 43.2 Å². The molecule has 2 aromatic carbocycles. The van der Waals surface area contributed by atoms with Crippen LogP contribution in [0, 0.1) is 0 Å². The fourth-order valence-corrected chi connectivity index (χ4v) is 5.22. The van der Waals surface area contributed by atoms with Gasteiger partial charge in [-0.05, 0) is 23.1 Å². The van der Waals surface area contributed by atoms with Gasteiger partial charge in [0.05, 0.1) is 11.8 Å². The number of fused-ring (bicyclic) bond motifs is 1. The van der Waals surface area contributed by atoms with Gasteiger partial charge in [0, 0.05) is 18.6 Å². The largest absolute Gasteiger partial charge is 0.453 e. The molecule has 1 N–H and O–H groups in total. The Morgan fingerprint density at radius 2 is 1.66 bits per heavy atom. The first-order valence-electron chi connectivity index (χ1n) is 11.3. The number of ether oxygens (including phenoxy) is 1. The van der Waals surface area contributed by atoms with Gasteiger partial charge in [0.1, 0.15) is 0 Å². The van der Waals surface area contributed by atoms with Gasteiger partial charge in [-0.1, -0.05) is 67.2 Å². The Hall–Kier alpha value is -3.59. The van der Waals surface area contributed by atoms with Crippen LogP contribution < -0.4 is 5.48 Å². The van der Waals surface area contributed by atoms with E-state index in [1.165, 1.54) is 4.90 Å². The summed E-state index contributed by atoms with van der Waals surface area (Å²) in [5, 5.41) is -0.0529. The highest BCUT2D eigenvalue weighted by molar-refractivity contribution is 8.00. The smallest absolute Gasteiger partial charge is 0.358 e.